The molecule has 0 amide bonds. The molecule has 1 aliphatic rings. The zero-order valence-corrected chi connectivity index (χ0v) is 11.6. The van der Waals surface area contributed by atoms with Gasteiger partial charge in [-0.2, -0.15) is 0 Å². The number of aryl methyl sites for hydroxylation is 1. The summed E-state index contributed by atoms with van der Waals surface area (Å²) in [5.41, 5.74) is 1.82. The summed E-state index contributed by atoms with van der Waals surface area (Å²) in [6.45, 7) is 8.00. The van der Waals surface area contributed by atoms with E-state index in [-0.39, 0.29) is 5.69 Å². The van der Waals surface area contributed by atoms with E-state index in [9.17, 15) is 15.2 Å². The van der Waals surface area contributed by atoms with Crippen molar-refractivity contribution in [1.29, 1.82) is 0 Å². The molecular formula is C14H23NO3. The van der Waals surface area contributed by atoms with Crippen LogP contribution in [0.25, 0.3) is 0 Å². The fourth-order valence-corrected chi connectivity index (χ4v) is 1.88. The van der Waals surface area contributed by atoms with Crippen LogP contribution in [0.1, 0.15) is 57.8 Å². The van der Waals surface area contributed by atoms with Gasteiger partial charge in [-0.1, -0.05) is 33.8 Å². The van der Waals surface area contributed by atoms with E-state index >= 15 is 0 Å². The first-order chi connectivity index (χ1) is 8.68. The highest BCUT2D eigenvalue weighted by Gasteiger charge is 2.20. The van der Waals surface area contributed by atoms with Gasteiger partial charge in [0.05, 0.1) is 11.0 Å². The van der Waals surface area contributed by atoms with Crippen LogP contribution in [0, 0.1) is 10.1 Å². The first kappa shape index (κ1) is 16.6. The molecule has 0 aliphatic heterocycles. The summed E-state index contributed by atoms with van der Waals surface area (Å²) in [5.74, 6) is 0. The van der Waals surface area contributed by atoms with Gasteiger partial charge >= 0.3 is 0 Å². The number of nitrogens with zero attached hydrogens (tertiary/aromatic N) is 1. The number of rotatable bonds is 1. The quantitative estimate of drug-likeness (QED) is 0.607. The SMILES string of the molecule is CC.CC.O=[N+]([O-])c1ccc2c(c1)C(O)CCC2. The second-order valence-corrected chi connectivity index (χ2v) is 3.55. The number of nitro groups is 1. The van der Waals surface area contributed by atoms with E-state index in [4.69, 9.17) is 0 Å². The van der Waals surface area contributed by atoms with Crippen LogP contribution in [0.3, 0.4) is 0 Å². The van der Waals surface area contributed by atoms with Gasteiger partial charge in [-0.05, 0) is 30.4 Å². The van der Waals surface area contributed by atoms with Gasteiger partial charge in [0.2, 0.25) is 0 Å². The van der Waals surface area contributed by atoms with Crippen molar-refractivity contribution < 1.29 is 10.0 Å². The molecule has 4 nitrogen and oxygen atoms in total. The molecule has 1 N–H and O–H groups in total. The molecule has 1 aliphatic carbocycles. The summed E-state index contributed by atoms with van der Waals surface area (Å²) in [5, 5.41) is 20.2. The standard InChI is InChI=1S/C10H11NO3.2C2H6/c12-10-3-1-2-7-4-5-8(11(13)14)6-9(7)10;2*1-2/h4-6,10,12H,1-3H2;2*1-2H3. The molecule has 2 rings (SSSR count). The van der Waals surface area contributed by atoms with Crippen LogP contribution < -0.4 is 0 Å². The average molecular weight is 253 g/mol. The third-order valence-electron chi connectivity index (χ3n) is 2.62. The van der Waals surface area contributed by atoms with Gasteiger partial charge in [0.1, 0.15) is 0 Å². The van der Waals surface area contributed by atoms with Crippen molar-refractivity contribution in [3.63, 3.8) is 0 Å². The Balaban J connectivity index is 0.000000659. The third-order valence-corrected chi connectivity index (χ3v) is 2.62. The zero-order valence-electron chi connectivity index (χ0n) is 11.6. The maximum Gasteiger partial charge on any atom is 0.269 e. The van der Waals surface area contributed by atoms with Crippen molar-refractivity contribution in [3.8, 4) is 0 Å². The maximum atomic E-state index is 10.5. The van der Waals surface area contributed by atoms with E-state index in [2.05, 4.69) is 0 Å². The highest BCUT2D eigenvalue weighted by Crippen LogP contribution is 2.31. The van der Waals surface area contributed by atoms with Crippen LogP contribution in [-0.4, -0.2) is 10.0 Å². The van der Waals surface area contributed by atoms with Crippen LogP contribution in [0.5, 0.6) is 0 Å². The molecule has 18 heavy (non-hydrogen) atoms. The third kappa shape index (κ3) is 4.11. The molecule has 0 heterocycles. The van der Waals surface area contributed by atoms with Gasteiger partial charge < -0.3 is 5.11 Å². The van der Waals surface area contributed by atoms with E-state index in [0.29, 0.717) is 6.42 Å². The number of nitro benzene ring substituents is 1. The molecule has 102 valence electrons. The molecule has 1 aromatic carbocycles. The molecule has 0 saturated heterocycles. The molecule has 1 atom stereocenters. The minimum atomic E-state index is -0.529. The molecule has 4 heteroatoms. The van der Waals surface area contributed by atoms with Gasteiger partial charge in [-0.3, -0.25) is 10.1 Å². The van der Waals surface area contributed by atoms with Crippen molar-refractivity contribution in [2.45, 2.75) is 53.1 Å². The van der Waals surface area contributed by atoms with E-state index in [0.717, 1.165) is 24.0 Å². The predicted molar refractivity (Wildman–Crippen MR) is 73.7 cm³/mol. The number of hydrogen-bond donors (Lipinski definition) is 1. The van der Waals surface area contributed by atoms with Crippen LogP contribution in [0.4, 0.5) is 5.69 Å². The first-order valence-corrected chi connectivity index (χ1v) is 6.64. The summed E-state index contributed by atoms with van der Waals surface area (Å²) >= 11 is 0. The largest absolute Gasteiger partial charge is 0.388 e. The van der Waals surface area contributed by atoms with E-state index < -0.39 is 11.0 Å². The fourth-order valence-electron chi connectivity index (χ4n) is 1.88. The van der Waals surface area contributed by atoms with E-state index in [1.165, 1.54) is 12.1 Å². The molecule has 0 spiro atoms. The molecule has 1 unspecified atom stereocenters. The second kappa shape index (κ2) is 8.64. The van der Waals surface area contributed by atoms with Gasteiger partial charge in [-0.15, -0.1) is 0 Å². The first-order valence-electron chi connectivity index (χ1n) is 6.64. The monoisotopic (exact) mass is 253 g/mol. The van der Waals surface area contributed by atoms with Crippen molar-refractivity contribution in [2.24, 2.45) is 0 Å². The molecule has 0 fully saturated rings. The lowest BCUT2D eigenvalue weighted by atomic mass is 9.89. The van der Waals surface area contributed by atoms with E-state index in [1.807, 2.05) is 27.7 Å². The summed E-state index contributed by atoms with van der Waals surface area (Å²) in [4.78, 5) is 10.1. The fraction of sp³-hybridized carbons (Fsp3) is 0.571. The van der Waals surface area contributed by atoms with Crippen LogP contribution in [0.15, 0.2) is 18.2 Å². The Morgan fingerprint density at radius 1 is 1.28 bits per heavy atom. The number of fused-ring (bicyclic) bond motifs is 1. The molecule has 1 aromatic rings. The van der Waals surface area contributed by atoms with Crippen molar-refractivity contribution in [1.82, 2.24) is 0 Å². The van der Waals surface area contributed by atoms with Crippen molar-refractivity contribution in [2.75, 3.05) is 0 Å². The Kier molecular flexibility index (Phi) is 7.96. The Bertz CT molecular complexity index is 377. The molecular weight excluding hydrogens is 230 g/mol. The van der Waals surface area contributed by atoms with Gasteiger partial charge in [0.15, 0.2) is 0 Å². The summed E-state index contributed by atoms with van der Waals surface area (Å²) < 4.78 is 0. The lowest BCUT2D eigenvalue weighted by molar-refractivity contribution is -0.385. The van der Waals surface area contributed by atoms with Crippen molar-refractivity contribution in [3.05, 3.63) is 39.4 Å². The minimum absolute atomic E-state index is 0.0599. The summed E-state index contributed by atoms with van der Waals surface area (Å²) in [6.07, 6.45) is 2.03. The number of hydrogen-bond acceptors (Lipinski definition) is 3. The van der Waals surface area contributed by atoms with Crippen LogP contribution in [0.2, 0.25) is 0 Å². The second-order valence-electron chi connectivity index (χ2n) is 3.55. The number of non-ortho nitro benzene ring substituents is 1. The Morgan fingerprint density at radius 2 is 1.89 bits per heavy atom. The van der Waals surface area contributed by atoms with Gasteiger partial charge in [0.25, 0.3) is 5.69 Å². The van der Waals surface area contributed by atoms with Gasteiger partial charge in [-0.25, -0.2) is 0 Å². The molecule has 0 saturated carbocycles. The van der Waals surface area contributed by atoms with Crippen LogP contribution in [-0.2, 0) is 6.42 Å². The Hall–Kier alpha value is -1.42. The van der Waals surface area contributed by atoms with Crippen LogP contribution >= 0.6 is 0 Å². The highest BCUT2D eigenvalue weighted by molar-refractivity contribution is 5.42. The minimum Gasteiger partial charge on any atom is -0.388 e. The van der Waals surface area contributed by atoms with Gasteiger partial charge in [0, 0.05) is 12.1 Å². The Morgan fingerprint density at radius 3 is 2.44 bits per heavy atom. The summed E-state index contributed by atoms with van der Waals surface area (Å²) in [7, 11) is 0. The zero-order chi connectivity index (χ0) is 14.1. The maximum absolute atomic E-state index is 10.5. The topological polar surface area (TPSA) is 63.4 Å². The normalized spacial score (nSPS) is 16.4. The molecule has 0 bridgehead atoms. The lowest BCUT2D eigenvalue weighted by Gasteiger charge is -2.20. The summed E-state index contributed by atoms with van der Waals surface area (Å²) in [6, 6.07) is 4.73. The number of aliphatic hydroxyl groups is 1. The number of aliphatic hydroxyl groups excluding tert-OH is 1. The molecule has 0 radical (unpaired) electrons. The lowest BCUT2D eigenvalue weighted by Crippen LogP contribution is -2.09. The molecule has 0 aromatic heterocycles. The highest BCUT2D eigenvalue weighted by atomic mass is 16.6. The van der Waals surface area contributed by atoms with E-state index in [1.54, 1.807) is 6.07 Å². The predicted octanol–water partition coefficient (Wildman–Crippen LogP) is 4.02. The smallest absolute Gasteiger partial charge is 0.269 e. The average Bonchev–Trinajstić information content (AvgIpc) is 2.43. The number of benzene rings is 1. The Labute approximate surface area is 109 Å². The van der Waals surface area contributed by atoms with Crippen molar-refractivity contribution >= 4 is 5.69 Å².